The Bertz CT molecular complexity index is 502. The zero-order valence-electron chi connectivity index (χ0n) is 9.85. The third kappa shape index (κ3) is 1.96. The van der Waals surface area contributed by atoms with E-state index in [9.17, 15) is 0 Å². The van der Waals surface area contributed by atoms with E-state index in [1.807, 2.05) is 12.1 Å². The van der Waals surface area contributed by atoms with Gasteiger partial charge in [0.25, 0.3) is 0 Å². The summed E-state index contributed by atoms with van der Waals surface area (Å²) in [5, 5.41) is 19.2. The molecule has 0 unspecified atom stereocenters. The van der Waals surface area contributed by atoms with Gasteiger partial charge in [0.1, 0.15) is 0 Å². The predicted octanol–water partition coefficient (Wildman–Crippen LogP) is -0.113. The average Bonchev–Trinajstić information content (AvgIpc) is 2.86. The Hall–Kier alpha value is -2.25. The van der Waals surface area contributed by atoms with Gasteiger partial charge in [0.15, 0.2) is 5.82 Å². The van der Waals surface area contributed by atoms with Crippen molar-refractivity contribution in [1.82, 2.24) is 30.4 Å². The van der Waals surface area contributed by atoms with Gasteiger partial charge < -0.3 is 10.6 Å². The molecule has 1 fully saturated rings. The Morgan fingerprint density at radius 1 is 1.22 bits per heavy atom. The first-order valence-electron chi connectivity index (χ1n) is 5.90. The van der Waals surface area contributed by atoms with Crippen LogP contribution in [0.3, 0.4) is 0 Å². The topological polar surface area (TPSA) is 98.6 Å². The third-order valence-corrected chi connectivity index (χ3v) is 3.21. The lowest BCUT2D eigenvalue weighted by Gasteiger charge is -2.32. The summed E-state index contributed by atoms with van der Waals surface area (Å²) in [6, 6.07) is 4.14. The second-order valence-electron chi connectivity index (χ2n) is 4.28. The molecular formula is C10H14N8. The second-order valence-corrected chi connectivity index (χ2v) is 4.28. The quantitative estimate of drug-likeness (QED) is 0.789. The number of nitrogens with two attached hydrogens (primary N) is 1. The van der Waals surface area contributed by atoms with Gasteiger partial charge >= 0.3 is 0 Å². The van der Waals surface area contributed by atoms with Crippen molar-refractivity contribution in [3.8, 4) is 0 Å². The normalized spacial score (nSPS) is 17.0. The first-order valence-corrected chi connectivity index (χ1v) is 5.90. The number of anilines is 2. The zero-order valence-corrected chi connectivity index (χ0v) is 9.85. The van der Waals surface area contributed by atoms with Gasteiger partial charge in [-0.05, 0) is 35.4 Å². The van der Waals surface area contributed by atoms with Crippen LogP contribution in [-0.2, 0) is 0 Å². The molecule has 2 N–H and O–H groups in total. The maximum atomic E-state index is 5.71. The summed E-state index contributed by atoms with van der Waals surface area (Å²) in [4.78, 5) is 2.21. The molecule has 0 saturated carbocycles. The van der Waals surface area contributed by atoms with Crippen molar-refractivity contribution in [2.45, 2.75) is 18.9 Å². The molecule has 0 radical (unpaired) electrons. The van der Waals surface area contributed by atoms with Crippen molar-refractivity contribution < 1.29 is 0 Å². The number of rotatable bonds is 2. The van der Waals surface area contributed by atoms with Crippen molar-refractivity contribution in [2.75, 3.05) is 23.7 Å². The monoisotopic (exact) mass is 246 g/mol. The Morgan fingerprint density at radius 2 is 2.06 bits per heavy atom. The van der Waals surface area contributed by atoms with Gasteiger partial charge in [-0.15, -0.1) is 5.10 Å². The Kier molecular flexibility index (Phi) is 2.75. The minimum Gasteiger partial charge on any atom is -0.367 e. The molecule has 0 aromatic carbocycles. The molecule has 0 spiro atoms. The number of hydrogen-bond acceptors (Lipinski definition) is 7. The highest BCUT2D eigenvalue weighted by Gasteiger charge is 2.23. The van der Waals surface area contributed by atoms with Crippen LogP contribution >= 0.6 is 0 Å². The number of aromatic nitrogens is 6. The maximum absolute atomic E-state index is 5.71. The molecule has 3 rings (SSSR count). The van der Waals surface area contributed by atoms with Crippen LogP contribution in [0.4, 0.5) is 11.8 Å². The molecule has 1 aliphatic rings. The van der Waals surface area contributed by atoms with E-state index in [-0.39, 0.29) is 6.04 Å². The number of piperidine rings is 1. The lowest BCUT2D eigenvalue weighted by molar-refractivity contribution is 0.363. The van der Waals surface area contributed by atoms with Crippen LogP contribution < -0.4 is 10.6 Å². The molecule has 8 heteroatoms. The van der Waals surface area contributed by atoms with Crippen LogP contribution in [0, 0.1) is 0 Å². The molecule has 94 valence electrons. The Balaban J connectivity index is 1.67. The number of hydrogen-bond donors (Lipinski definition) is 1. The van der Waals surface area contributed by atoms with E-state index in [1.165, 1.54) is 0 Å². The summed E-state index contributed by atoms with van der Waals surface area (Å²) in [6.07, 6.45) is 3.58. The van der Waals surface area contributed by atoms with E-state index in [2.05, 4.69) is 30.6 Å². The van der Waals surface area contributed by atoms with Crippen molar-refractivity contribution in [3.63, 3.8) is 0 Å². The molecule has 0 bridgehead atoms. The van der Waals surface area contributed by atoms with Crippen molar-refractivity contribution in [3.05, 3.63) is 18.3 Å². The Labute approximate surface area is 104 Å². The molecule has 18 heavy (non-hydrogen) atoms. The van der Waals surface area contributed by atoms with E-state index < -0.39 is 0 Å². The van der Waals surface area contributed by atoms with Gasteiger partial charge in [0.05, 0.1) is 6.04 Å². The second kappa shape index (κ2) is 4.55. The highest BCUT2D eigenvalue weighted by atomic mass is 15.6. The molecule has 8 nitrogen and oxygen atoms in total. The number of nitrogens with zero attached hydrogens (tertiary/aromatic N) is 7. The van der Waals surface area contributed by atoms with Crippen LogP contribution in [0.15, 0.2) is 18.3 Å². The SMILES string of the molecule is Nc1nnnn1C1CCN(c2cccnn2)CC1. The highest BCUT2D eigenvalue weighted by molar-refractivity contribution is 5.36. The first-order chi connectivity index (χ1) is 8.84. The van der Waals surface area contributed by atoms with Gasteiger partial charge in [-0.2, -0.15) is 5.10 Å². The molecule has 0 aliphatic carbocycles. The smallest absolute Gasteiger partial charge is 0.240 e. The van der Waals surface area contributed by atoms with Crippen molar-refractivity contribution in [1.29, 1.82) is 0 Å². The van der Waals surface area contributed by atoms with Gasteiger partial charge in [-0.3, -0.25) is 0 Å². The van der Waals surface area contributed by atoms with Gasteiger partial charge in [-0.25, -0.2) is 4.68 Å². The van der Waals surface area contributed by atoms with Crippen molar-refractivity contribution in [2.24, 2.45) is 0 Å². The van der Waals surface area contributed by atoms with Crippen molar-refractivity contribution >= 4 is 11.8 Å². The standard InChI is InChI=1S/C10H14N8/c11-10-14-15-16-18(10)8-3-6-17(7-4-8)9-2-1-5-12-13-9/h1-2,5,8H,3-4,6-7H2,(H2,11,14,16). The fraction of sp³-hybridized carbons (Fsp3) is 0.500. The zero-order chi connectivity index (χ0) is 12.4. The minimum absolute atomic E-state index is 0.271. The third-order valence-electron chi connectivity index (χ3n) is 3.21. The van der Waals surface area contributed by atoms with Crippen LogP contribution in [0.25, 0.3) is 0 Å². The minimum atomic E-state index is 0.271. The van der Waals surface area contributed by atoms with Gasteiger partial charge in [-0.1, -0.05) is 5.10 Å². The van der Waals surface area contributed by atoms with E-state index in [4.69, 9.17) is 5.73 Å². The van der Waals surface area contributed by atoms with Gasteiger partial charge in [0.2, 0.25) is 5.95 Å². The lowest BCUT2D eigenvalue weighted by Crippen LogP contribution is -2.35. The summed E-state index contributed by atoms with van der Waals surface area (Å²) < 4.78 is 1.70. The summed E-state index contributed by atoms with van der Waals surface area (Å²) in [5.74, 6) is 1.30. The number of nitrogen functional groups attached to an aromatic ring is 1. The molecule has 3 heterocycles. The first kappa shape index (κ1) is 10.9. The molecule has 1 aliphatic heterocycles. The predicted molar refractivity (Wildman–Crippen MR) is 64.7 cm³/mol. The van der Waals surface area contributed by atoms with E-state index in [1.54, 1.807) is 10.9 Å². The highest BCUT2D eigenvalue weighted by Crippen LogP contribution is 2.25. The maximum Gasteiger partial charge on any atom is 0.240 e. The fourth-order valence-electron chi connectivity index (χ4n) is 2.26. The van der Waals surface area contributed by atoms with E-state index >= 15 is 0 Å². The van der Waals surface area contributed by atoms with E-state index in [0.717, 1.165) is 31.7 Å². The average molecular weight is 246 g/mol. The van der Waals surface area contributed by atoms with Crippen LogP contribution in [0.1, 0.15) is 18.9 Å². The van der Waals surface area contributed by atoms with E-state index in [0.29, 0.717) is 5.95 Å². The fourth-order valence-corrected chi connectivity index (χ4v) is 2.26. The van der Waals surface area contributed by atoms with Crippen LogP contribution in [-0.4, -0.2) is 43.5 Å². The largest absolute Gasteiger partial charge is 0.367 e. The summed E-state index contributed by atoms with van der Waals surface area (Å²) >= 11 is 0. The van der Waals surface area contributed by atoms with Crippen LogP contribution in [0.5, 0.6) is 0 Å². The molecule has 0 atom stereocenters. The molecular weight excluding hydrogens is 232 g/mol. The molecule has 0 amide bonds. The molecule has 2 aromatic rings. The van der Waals surface area contributed by atoms with Gasteiger partial charge in [0, 0.05) is 19.3 Å². The lowest BCUT2D eigenvalue weighted by atomic mass is 10.1. The van der Waals surface area contributed by atoms with Crippen LogP contribution in [0.2, 0.25) is 0 Å². The Morgan fingerprint density at radius 3 is 2.67 bits per heavy atom. The molecule has 1 saturated heterocycles. The summed E-state index contributed by atoms with van der Waals surface area (Å²) in [5.41, 5.74) is 5.71. The summed E-state index contributed by atoms with van der Waals surface area (Å²) in [6.45, 7) is 1.81. The molecule has 2 aromatic heterocycles. The number of tetrazole rings is 1. The summed E-state index contributed by atoms with van der Waals surface area (Å²) in [7, 11) is 0.